The topological polar surface area (TPSA) is 58.6 Å². The minimum atomic E-state index is -4.64. The normalized spacial score (nSPS) is 14.2. The maximum Gasteiger partial charge on any atom is 0.416 e. The Morgan fingerprint density at radius 3 is 2.48 bits per heavy atom. The van der Waals surface area contributed by atoms with E-state index in [4.69, 9.17) is 4.74 Å². The first-order valence-electron chi connectivity index (χ1n) is 13.1. The number of sulfonamides is 1. The van der Waals surface area contributed by atoms with E-state index in [1.54, 1.807) is 6.07 Å². The molecule has 0 saturated carbocycles. The molecule has 0 aromatic heterocycles. The Balaban J connectivity index is 1.40. The van der Waals surface area contributed by atoms with Crippen molar-refractivity contribution in [3.63, 3.8) is 0 Å². The van der Waals surface area contributed by atoms with Crippen molar-refractivity contribution < 1.29 is 35.1 Å². The van der Waals surface area contributed by atoms with Crippen LogP contribution in [0.3, 0.4) is 0 Å². The van der Waals surface area contributed by atoms with Crippen LogP contribution >= 0.6 is 0 Å². The number of anilines is 1. The van der Waals surface area contributed by atoms with Gasteiger partial charge in [0.15, 0.2) is 5.82 Å². The van der Waals surface area contributed by atoms with Crippen LogP contribution < -0.4 is 9.46 Å². The monoisotopic (exact) mass is 582 g/mol. The third-order valence-corrected chi connectivity index (χ3v) is 8.09. The van der Waals surface area contributed by atoms with Crippen molar-refractivity contribution in [2.75, 3.05) is 17.9 Å². The van der Waals surface area contributed by atoms with E-state index in [1.807, 2.05) is 4.90 Å². The molecule has 3 aromatic rings. The van der Waals surface area contributed by atoms with E-state index < -0.39 is 33.4 Å². The fourth-order valence-electron chi connectivity index (χ4n) is 4.64. The van der Waals surface area contributed by atoms with Gasteiger partial charge in [-0.25, -0.2) is 17.2 Å². The molecule has 0 saturated heterocycles. The van der Waals surface area contributed by atoms with Gasteiger partial charge in [0, 0.05) is 25.7 Å². The second-order valence-corrected chi connectivity index (χ2v) is 11.6. The zero-order chi connectivity index (χ0) is 28.9. The summed E-state index contributed by atoms with van der Waals surface area (Å²) in [6.07, 6.45) is -0.139. The second-order valence-electron chi connectivity index (χ2n) is 9.89. The summed E-state index contributed by atoms with van der Waals surface area (Å²) in [7, 11) is -4.09. The van der Waals surface area contributed by atoms with E-state index in [2.05, 4.69) is 11.6 Å². The van der Waals surface area contributed by atoms with Crippen LogP contribution in [0.2, 0.25) is 0 Å². The number of unbranched alkanes of at least 4 members (excludes halogenated alkanes) is 3. The lowest BCUT2D eigenvalue weighted by molar-refractivity contribution is -0.137. The third-order valence-electron chi connectivity index (χ3n) is 6.72. The highest BCUT2D eigenvalue weighted by Crippen LogP contribution is 2.32. The van der Waals surface area contributed by atoms with Gasteiger partial charge in [0.05, 0.1) is 22.8 Å². The molecule has 3 aromatic carbocycles. The van der Waals surface area contributed by atoms with Crippen LogP contribution in [-0.4, -0.2) is 26.5 Å². The molecular weight excluding hydrogens is 551 g/mol. The van der Waals surface area contributed by atoms with E-state index in [1.165, 1.54) is 24.3 Å². The van der Waals surface area contributed by atoms with Gasteiger partial charge in [0.1, 0.15) is 11.6 Å². The molecule has 216 valence electrons. The van der Waals surface area contributed by atoms with Gasteiger partial charge in [-0.15, -0.1) is 0 Å². The molecule has 0 atom stereocenters. The first kappa shape index (κ1) is 29.8. The number of fused-ring (bicyclic) bond motifs is 1. The van der Waals surface area contributed by atoms with Crippen molar-refractivity contribution in [2.45, 2.75) is 63.2 Å². The van der Waals surface area contributed by atoms with Crippen molar-refractivity contribution in [2.24, 2.45) is 0 Å². The first-order chi connectivity index (χ1) is 18.9. The zero-order valence-electron chi connectivity index (χ0n) is 22.0. The number of nitrogens with one attached hydrogen (secondary N) is 1. The van der Waals surface area contributed by atoms with Crippen LogP contribution in [-0.2, 0) is 35.7 Å². The van der Waals surface area contributed by atoms with Gasteiger partial charge in [-0.2, -0.15) is 13.2 Å². The van der Waals surface area contributed by atoms with E-state index in [9.17, 15) is 30.4 Å². The third kappa shape index (κ3) is 7.72. The van der Waals surface area contributed by atoms with Crippen LogP contribution in [0.15, 0.2) is 59.5 Å². The van der Waals surface area contributed by atoms with Gasteiger partial charge >= 0.3 is 6.18 Å². The molecule has 1 aliphatic heterocycles. The molecule has 0 spiro atoms. The standard InChI is InChI=1S/C29H31F5N2O3S/c1-2-3-4-5-12-39-25-7-9-28(27(31)17-25)35-40(37,38)26-8-6-22-19-36(11-10-21(22)15-26)18-20-13-23(29(32,33)34)16-24(30)14-20/h6-9,13-17,35H,2-5,10-12,18-19H2,1H3. The molecule has 0 bridgehead atoms. The van der Waals surface area contributed by atoms with Crippen molar-refractivity contribution in [1.29, 1.82) is 0 Å². The molecule has 0 aliphatic carbocycles. The summed E-state index contributed by atoms with van der Waals surface area (Å²) in [4.78, 5) is 1.84. The predicted octanol–water partition coefficient (Wildman–Crippen LogP) is 7.30. The number of hydrogen-bond acceptors (Lipinski definition) is 4. The molecule has 5 nitrogen and oxygen atoms in total. The minimum Gasteiger partial charge on any atom is -0.493 e. The van der Waals surface area contributed by atoms with Gasteiger partial charge < -0.3 is 4.74 Å². The summed E-state index contributed by atoms with van der Waals surface area (Å²) < 4.78 is 101. The average Bonchev–Trinajstić information content (AvgIpc) is 2.89. The number of ether oxygens (including phenoxy) is 1. The Kier molecular flexibility index (Phi) is 9.35. The quantitative estimate of drug-likeness (QED) is 0.190. The summed E-state index contributed by atoms with van der Waals surface area (Å²) >= 11 is 0. The van der Waals surface area contributed by atoms with E-state index in [0.29, 0.717) is 37.9 Å². The summed E-state index contributed by atoms with van der Waals surface area (Å²) in [5.41, 5.74) is 0.541. The molecule has 0 unspecified atom stereocenters. The average molecular weight is 583 g/mol. The highest BCUT2D eigenvalue weighted by Gasteiger charge is 2.31. The number of rotatable bonds is 11. The van der Waals surface area contributed by atoms with E-state index >= 15 is 0 Å². The predicted molar refractivity (Wildman–Crippen MR) is 143 cm³/mol. The van der Waals surface area contributed by atoms with Gasteiger partial charge in [-0.1, -0.05) is 32.3 Å². The number of alkyl halides is 3. The zero-order valence-corrected chi connectivity index (χ0v) is 22.8. The van der Waals surface area contributed by atoms with E-state index in [-0.39, 0.29) is 22.7 Å². The van der Waals surface area contributed by atoms with Crippen molar-refractivity contribution in [1.82, 2.24) is 4.90 Å². The van der Waals surface area contributed by atoms with Crippen molar-refractivity contribution in [3.05, 3.63) is 88.5 Å². The van der Waals surface area contributed by atoms with E-state index in [0.717, 1.165) is 55.0 Å². The Morgan fingerprint density at radius 1 is 0.950 bits per heavy atom. The largest absolute Gasteiger partial charge is 0.493 e. The lowest BCUT2D eigenvalue weighted by atomic mass is 9.99. The molecule has 0 fully saturated rings. The lowest BCUT2D eigenvalue weighted by Crippen LogP contribution is -2.30. The fraction of sp³-hybridized carbons (Fsp3) is 0.379. The lowest BCUT2D eigenvalue weighted by Gasteiger charge is -2.29. The molecule has 1 aliphatic rings. The Bertz CT molecular complexity index is 1440. The maximum absolute atomic E-state index is 14.6. The van der Waals surface area contributed by atoms with Crippen LogP contribution in [0.5, 0.6) is 5.75 Å². The smallest absolute Gasteiger partial charge is 0.416 e. The molecule has 11 heteroatoms. The van der Waals surface area contributed by atoms with Crippen molar-refractivity contribution in [3.8, 4) is 5.75 Å². The highest BCUT2D eigenvalue weighted by molar-refractivity contribution is 7.92. The summed E-state index contributed by atoms with van der Waals surface area (Å²) in [5, 5.41) is 0. The van der Waals surface area contributed by atoms with Crippen LogP contribution in [0.1, 0.15) is 54.9 Å². The van der Waals surface area contributed by atoms with Crippen LogP contribution in [0, 0.1) is 11.6 Å². The van der Waals surface area contributed by atoms with Crippen LogP contribution in [0.4, 0.5) is 27.6 Å². The molecule has 1 N–H and O–H groups in total. The van der Waals surface area contributed by atoms with Crippen molar-refractivity contribution >= 4 is 15.7 Å². The first-order valence-corrected chi connectivity index (χ1v) is 14.6. The van der Waals surface area contributed by atoms with Gasteiger partial charge in [-0.05, 0) is 72.0 Å². The molecule has 40 heavy (non-hydrogen) atoms. The number of benzene rings is 3. The number of hydrogen-bond donors (Lipinski definition) is 1. The summed E-state index contributed by atoms with van der Waals surface area (Å²) in [6.45, 7) is 3.46. The Hall–Kier alpha value is -3.18. The van der Waals surface area contributed by atoms with Gasteiger partial charge in [-0.3, -0.25) is 9.62 Å². The van der Waals surface area contributed by atoms with Crippen LogP contribution in [0.25, 0.3) is 0 Å². The number of halogens is 5. The van der Waals surface area contributed by atoms with Gasteiger partial charge in [0.25, 0.3) is 10.0 Å². The Morgan fingerprint density at radius 2 is 1.75 bits per heavy atom. The molecule has 0 amide bonds. The fourth-order valence-corrected chi connectivity index (χ4v) is 5.76. The highest BCUT2D eigenvalue weighted by atomic mass is 32.2. The second kappa shape index (κ2) is 12.6. The maximum atomic E-state index is 14.6. The van der Waals surface area contributed by atoms with Gasteiger partial charge in [0.2, 0.25) is 0 Å². The molecule has 0 radical (unpaired) electrons. The molecule has 4 rings (SSSR count). The SMILES string of the molecule is CCCCCCOc1ccc(NS(=O)(=O)c2ccc3c(c2)CCN(Cc2cc(F)cc(C(F)(F)F)c2)C3)c(F)c1. The number of nitrogens with zero attached hydrogens (tertiary/aromatic N) is 1. The minimum absolute atomic E-state index is 0.0321. The summed E-state index contributed by atoms with van der Waals surface area (Å²) in [6, 6.07) is 11.0. The molecular formula is C29H31F5N2O3S. The summed E-state index contributed by atoms with van der Waals surface area (Å²) in [5.74, 6) is -1.39. The molecule has 1 heterocycles. The Labute approximate surface area is 231 Å².